The van der Waals surface area contributed by atoms with Gasteiger partial charge in [-0.05, 0) is 19.0 Å². The van der Waals surface area contributed by atoms with Crippen LogP contribution in [0.1, 0.15) is 13.3 Å². The summed E-state index contributed by atoms with van der Waals surface area (Å²) in [4.78, 5) is 0.893. The van der Waals surface area contributed by atoms with Crippen LogP contribution < -0.4 is 5.32 Å². The Kier molecular flexibility index (Phi) is 6.30. The monoisotopic (exact) mass is 240 g/mol. The lowest BCUT2D eigenvalue weighted by Crippen LogP contribution is -2.30. The van der Waals surface area contributed by atoms with Crippen molar-refractivity contribution in [1.82, 2.24) is 9.62 Å². The molecule has 0 saturated heterocycles. The predicted octanol–water partition coefficient (Wildman–Crippen LogP) is 1.59. The summed E-state index contributed by atoms with van der Waals surface area (Å²) in [6.45, 7) is 4.68. The average molecular weight is 240 g/mol. The Bertz CT molecular complexity index is 321. The van der Waals surface area contributed by atoms with Crippen molar-refractivity contribution in [3.8, 4) is 0 Å². The minimum absolute atomic E-state index is 0.791. The summed E-state index contributed by atoms with van der Waals surface area (Å²) in [7, 11) is 0.851. The van der Waals surface area contributed by atoms with E-state index in [-0.39, 0.29) is 0 Å². The third-order valence-corrected chi connectivity index (χ3v) is 3.76. The van der Waals surface area contributed by atoms with Gasteiger partial charge in [-0.1, -0.05) is 31.2 Å². The summed E-state index contributed by atoms with van der Waals surface area (Å²) in [5.74, 6) is 0. The predicted molar refractivity (Wildman–Crippen MR) is 70.3 cm³/mol. The van der Waals surface area contributed by atoms with E-state index in [1.807, 2.05) is 35.7 Å². The topological polar surface area (TPSA) is 32.3 Å². The van der Waals surface area contributed by atoms with Crippen molar-refractivity contribution in [2.24, 2.45) is 0 Å². The Morgan fingerprint density at radius 2 is 2.31 bits per heavy atom. The highest BCUT2D eigenvalue weighted by atomic mass is 32.2. The van der Waals surface area contributed by atoms with Crippen LogP contribution in [0, 0.1) is 0 Å². The molecule has 0 amide bonds. The number of rotatable bonds is 6. The molecule has 0 aromatic rings. The zero-order valence-corrected chi connectivity index (χ0v) is 10.8. The fourth-order valence-electron chi connectivity index (χ4n) is 1.37. The van der Waals surface area contributed by atoms with Gasteiger partial charge < -0.3 is 5.32 Å². The average Bonchev–Trinajstić information content (AvgIpc) is 2.56. The smallest absolute Gasteiger partial charge is 0.127 e. The Morgan fingerprint density at radius 3 is 3.06 bits per heavy atom. The first-order valence-electron chi connectivity index (χ1n) is 5.62. The molecule has 4 heteroatoms. The molecule has 0 saturated carbocycles. The molecule has 3 nitrogen and oxygen atoms in total. The molecule has 1 unspecified atom stereocenters. The van der Waals surface area contributed by atoms with Gasteiger partial charge in [0.05, 0.1) is 4.91 Å². The summed E-state index contributed by atoms with van der Waals surface area (Å²) in [6.07, 6.45) is 10.8. The summed E-state index contributed by atoms with van der Waals surface area (Å²) in [5, 5.41) is 3.22. The van der Waals surface area contributed by atoms with E-state index in [0.29, 0.717) is 0 Å². The third-order valence-electron chi connectivity index (χ3n) is 2.30. The van der Waals surface area contributed by atoms with Crippen LogP contribution in [0.15, 0.2) is 35.3 Å². The van der Waals surface area contributed by atoms with Crippen molar-refractivity contribution in [1.29, 1.82) is 0 Å². The first-order valence-corrected chi connectivity index (χ1v) is 6.73. The van der Waals surface area contributed by atoms with Gasteiger partial charge in [0, 0.05) is 20.1 Å². The lowest BCUT2D eigenvalue weighted by atomic mass is 10.4. The first-order chi connectivity index (χ1) is 7.75. The van der Waals surface area contributed by atoms with E-state index < -0.39 is 11.0 Å². The third kappa shape index (κ3) is 4.43. The van der Waals surface area contributed by atoms with Crippen LogP contribution in [0.5, 0.6) is 0 Å². The Hall–Kier alpha value is -0.710. The highest BCUT2D eigenvalue weighted by molar-refractivity contribution is 7.86. The molecule has 1 aliphatic carbocycles. The van der Waals surface area contributed by atoms with E-state index in [2.05, 4.69) is 18.3 Å². The van der Waals surface area contributed by atoms with Crippen LogP contribution in [0.25, 0.3) is 0 Å². The normalized spacial score (nSPS) is 17.3. The first kappa shape index (κ1) is 13.4. The van der Waals surface area contributed by atoms with Crippen LogP contribution in [0.2, 0.25) is 0 Å². The summed E-state index contributed by atoms with van der Waals surface area (Å²) in [5.41, 5.74) is 0. The molecule has 0 aliphatic heterocycles. The second-order valence-corrected chi connectivity index (χ2v) is 5.18. The van der Waals surface area contributed by atoms with Gasteiger partial charge in [-0.25, -0.2) is 8.51 Å². The van der Waals surface area contributed by atoms with Gasteiger partial charge in [-0.3, -0.25) is 0 Å². The maximum Gasteiger partial charge on any atom is 0.127 e. The Labute approximate surface area is 100 Å². The van der Waals surface area contributed by atoms with Crippen LogP contribution in [-0.2, 0) is 11.0 Å². The number of hydrogen-bond acceptors (Lipinski definition) is 2. The van der Waals surface area contributed by atoms with Crippen molar-refractivity contribution in [3.63, 3.8) is 0 Å². The van der Waals surface area contributed by atoms with Crippen molar-refractivity contribution in [3.05, 3.63) is 35.3 Å². The number of nitrogens with one attached hydrogen (secondary N) is 1. The molecular weight excluding hydrogens is 220 g/mol. The lowest BCUT2D eigenvalue weighted by molar-refractivity contribution is 0.508. The molecule has 0 bridgehead atoms. The lowest BCUT2D eigenvalue weighted by Gasteiger charge is -2.16. The molecule has 1 N–H and O–H groups in total. The maximum absolute atomic E-state index is 12.1. The molecule has 0 spiro atoms. The molecule has 0 fully saturated rings. The minimum Gasteiger partial charge on any atom is -0.316 e. The Balaban J connectivity index is 2.46. The minimum atomic E-state index is -1.04. The van der Waals surface area contributed by atoms with Gasteiger partial charge in [0.2, 0.25) is 0 Å². The number of likely N-dealkylation sites (N-methyl/N-ethyl adjacent to an activating group) is 2. The standard InChI is InChI=1S/C12H20N2OS/c1-3-13-10-11-14(2)16(15)12-8-6-4-5-7-9-12/h4-6,8-9,13H,3,7,10-11H2,1-2H3. The maximum atomic E-state index is 12.1. The second kappa shape index (κ2) is 7.54. The van der Waals surface area contributed by atoms with Crippen LogP contribution >= 0.6 is 0 Å². The SMILES string of the molecule is CCNCCN(C)S(=O)C1=CCC=CC=C1. The molecule has 90 valence electrons. The van der Waals surface area contributed by atoms with Crippen molar-refractivity contribution in [2.75, 3.05) is 26.7 Å². The van der Waals surface area contributed by atoms with E-state index in [0.717, 1.165) is 31.0 Å². The van der Waals surface area contributed by atoms with Crippen LogP contribution in [0.3, 0.4) is 0 Å². The molecule has 1 atom stereocenters. The van der Waals surface area contributed by atoms with Crippen LogP contribution in [-0.4, -0.2) is 35.2 Å². The number of hydrogen-bond donors (Lipinski definition) is 1. The van der Waals surface area contributed by atoms with Crippen molar-refractivity contribution >= 4 is 11.0 Å². The quantitative estimate of drug-likeness (QED) is 0.715. The fraction of sp³-hybridized carbons (Fsp3) is 0.500. The molecule has 16 heavy (non-hydrogen) atoms. The molecule has 0 radical (unpaired) electrons. The van der Waals surface area contributed by atoms with E-state index in [4.69, 9.17) is 0 Å². The summed E-state index contributed by atoms with van der Waals surface area (Å²) < 4.78 is 14.0. The van der Waals surface area contributed by atoms with Gasteiger partial charge in [-0.15, -0.1) is 0 Å². The zero-order chi connectivity index (χ0) is 11.8. The number of allylic oxidation sites excluding steroid dienone is 5. The van der Waals surface area contributed by atoms with Crippen LogP contribution in [0.4, 0.5) is 0 Å². The molecule has 0 aromatic heterocycles. The van der Waals surface area contributed by atoms with Gasteiger partial charge in [0.25, 0.3) is 0 Å². The van der Waals surface area contributed by atoms with E-state index >= 15 is 0 Å². The molecule has 0 aromatic carbocycles. The molecule has 1 rings (SSSR count). The Morgan fingerprint density at radius 1 is 1.50 bits per heavy atom. The number of nitrogens with zero attached hydrogens (tertiary/aromatic N) is 1. The summed E-state index contributed by atoms with van der Waals surface area (Å²) in [6, 6.07) is 0. The fourth-order valence-corrected chi connectivity index (χ4v) is 2.42. The van der Waals surface area contributed by atoms with Gasteiger partial charge in [0.15, 0.2) is 0 Å². The molecule has 1 aliphatic rings. The largest absolute Gasteiger partial charge is 0.316 e. The van der Waals surface area contributed by atoms with E-state index in [1.54, 1.807) is 0 Å². The second-order valence-electron chi connectivity index (χ2n) is 3.58. The zero-order valence-electron chi connectivity index (χ0n) is 9.98. The van der Waals surface area contributed by atoms with Crippen molar-refractivity contribution in [2.45, 2.75) is 13.3 Å². The molecule has 0 heterocycles. The highest BCUT2D eigenvalue weighted by Gasteiger charge is 2.10. The van der Waals surface area contributed by atoms with E-state index in [9.17, 15) is 4.21 Å². The molecular formula is C12H20N2OS. The van der Waals surface area contributed by atoms with Crippen molar-refractivity contribution < 1.29 is 4.21 Å². The van der Waals surface area contributed by atoms with Gasteiger partial charge >= 0.3 is 0 Å². The van der Waals surface area contributed by atoms with E-state index in [1.165, 1.54) is 0 Å². The highest BCUT2D eigenvalue weighted by Crippen LogP contribution is 2.11. The van der Waals surface area contributed by atoms with Gasteiger partial charge in [0.1, 0.15) is 11.0 Å². The van der Waals surface area contributed by atoms with Gasteiger partial charge in [-0.2, -0.15) is 0 Å². The summed E-state index contributed by atoms with van der Waals surface area (Å²) >= 11 is 0.